The molecule has 0 amide bonds. The maximum atomic E-state index is 13.5. The van der Waals surface area contributed by atoms with Gasteiger partial charge in [0.15, 0.2) is 0 Å². The summed E-state index contributed by atoms with van der Waals surface area (Å²) in [4.78, 5) is 0. The van der Waals surface area contributed by atoms with Crippen molar-refractivity contribution in [2.75, 3.05) is 0 Å². The van der Waals surface area contributed by atoms with E-state index >= 15 is 0 Å². The van der Waals surface area contributed by atoms with Gasteiger partial charge in [-0.2, -0.15) is 0 Å². The Morgan fingerprint density at radius 1 is 0.900 bits per heavy atom. The summed E-state index contributed by atoms with van der Waals surface area (Å²) in [5, 5.41) is 0.418. The van der Waals surface area contributed by atoms with Crippen LogP contribution in [0.15, 0.2) is 36.4 Å². The van der Waals surface area contributed by atoms with E-state index in [1.165, 1.54) is 30.3 Å². The third-order valence-corrected chi connectivity index (χ3v) is 3.36. The van der Waals surface area contributed by atoms with Crippen molar-refractivity contribution in [2.45, 2.75) is 18.9 Å². The summed E-state index contributed by atoms with van der Waals surface area (Å²) in [6.45, 7) is 0. The Bertz CT molecular complexity index is 616. The van der Waals surface area contributed by atoms with E-state index in [-0.39, 0.29) is 6.42 Å². The molecular formula is C15H13ClF3N. The summed E-state index contributed by atoms with van der Waals surface area (Å²) in [6, 6.07) is 6.95. The number of hydrogen-bond acceptors (Lipinski definition) is 1. The van der Waals surface area contributed by atoms with Gasteiger partial charge in [-0.25, -0.2) is 13.2 Å². The van der Waals surface area contributed by atoms with Gasteiger partial charge in [0.25, 0.3) is 0 Å². The largest absolute Gasteiger partial charge is 0.327 e. The highest BCUT2D eigenvalue weighted by atomic mass is 35.5. The molecule has 2 aromatic rings. The van der Waals surface area contributed by atoms with E-state index in [4.69, 9.17) is 17.3 Å². The topological polar surface area (TPSA) is 26.0 Å². The molecule has 20 heavy (non-hydrogen) atoms. The van der Waals surface area contributed by atoms with Crippen LogP contribution >= 0.6 is 11.6 Å². The minimum absolute atomic E-state index is 0.221. The zero-order chi connectivity index (χ0) is 14.7. The van der Waals surface area contributed by atoms with Crippen molar-refractivity contribution in [3.63, 3.8) is 0 Å². The summed E-state index contributed by atoms with van der Waals surface area (Å²) in [7, 11) is 0. The number of hydrogen-bond donors (Lipinski definition) is 1. The van der Waals surface area contributed by atoms with Crippen LogP contribution in [0.2, 0.25) is 5.02 Å². The van der Waals surface area contributed by atoms with Crippen LogP contribution in [0.3, 0.4) is 0 Å². The van der Waals surface area contributed by atoms with Crippen LogP contribution in [0, 0.1) is 17.5 Å². The molecule has 1 atom stereocenters. The Kier molecular flexibility index (Phi) is 4.68. The van der Waals surface area contributed by atoms with Gasteiger partial charge in [0.1, 0.15) is 17.5 Å². The summed E-state index contributed by atoms with van der Waals surface area (Å²) < 4.78 is 39.4. The van der Waals surface area contributed by atoms with Crippen LogP contribution in [0.4, 0.5) is 13.2 Å². The van der Waals surface area contributed by atoms with E-state index in [0.717, 1.165) is 6.07 Å². The molecular weight excluding hydrogens is 287 g/mol. The zero-order valence-electron chi connectivity index (χ0n) is 10.5. The Morgan fingerprint density at radius 2 is 1.50 bits per heavy atom. The monoisotopic (exact) mass is 299 g/mol. The first kappa shape index (κ1) is 14.9. The van der Waals surface area contributed by atoms with Crippen LogP contribution in [0.5, 0.6) is 0 Å². The highest BCUT2D eigenvalue weighted by Crippen LogP contribution is 2.20. The SMILES string of the molecule is NC(Cc1ccc(F)cc1F)Cc1cc(F)ccc1Cl. The van der Waals surface area contributed by atoms with E-state index < -0.39 is 23.5 Å². The van der Waals surface area contributed by atoms with E-state index in [1.54, 1.807) is 0 Å². The van der Waals surface area contributed by atoms with Gasteiger partial charge in [-0.15, -0.1) is 0 Å². The van der Waals surface area contributed by atoms with Crippen LogP contribution in [0.1, 0.15) is 11.1 Å². The molecule has 0 aromatic heterocycles. The molecule has 0 aliphatic carbocycles. The van der Waals surface area contributed by atoms with Crippen molar-refractivity contribution in [2.24, 2.45) is 5.73 Å². The fourth-order valence-electron chi connectivity index (χ4n) is 2.02. The van der Waals surface area contributed by atoms with E-state index in [9.17, 15) is 13.2 Å². The Labute approximate surface area is 120 Å². The van der Waals surface area contributed by atoms with Crippen LogP contribution in [0.25, 0.3) is 0 Å². The maximum Gasteiger partial charge on any atom is 0.129 e. The molecule has 2 rings (SSSR count). The summed E-state index contributed by atoms with van der Waals surface area (Å²) in [5.74, 6) is -1.66. The van der Waals surface area contributed by atoms with Crippen molar-refractivity contribution in [1.82, 2.24) is 0 Å². The molecule has 106 valence electrons. The van der Waals surface area contributed by atoms with Gasteiger partial charge in [-0.3, -0.25) is 0 Å². The smallest absolute Gasteiger partial charge is 0.129 e. The molecule has 0 spiro atoms. The molecule has 0 radical (unpaired) electrons. The van der Waals surface area contributed by atoms with Gasteiger partial charge in [-0.05, 0) is 48.2 Å². The van der Waals surface area contributed by atoms with Gasteiger partial charge in [-0.1, -0.05) is 17.7 Å². The van der Waals surface area contributed by atoms with Gasteiger partial charge in [0.2, 0.25) is 0 Å². The molecule has 0 saturated heterocycles. The van der Waals surface area contributed by atoms with Crippen molar-refractivity contribution in [3.05, 3.63) is 70.0 Å². The first-order valence-corrected chi connectivity index (χ1v) is 6.47. The van der Waals surface area contributed by atoms with Gasteiger partial charge >= 0.3 is 0 Å². The standard InChI is InChI=1S/C15H13ClF3N/c16-14-4-3-11(17)5-10(14)7-13(20)6-9-1-2-12(18)8-15(9)19/h1-5,8,13H,6-7,20H2. The first-order valence-electron chi connectivity index (χ1n) is 6.09. The molecule has 1 unspecified atom stereocenters. The first-order chi connectivity index (χ1) is 9.45. The van der Waals surface area contributed by atoms with Crippen molar-refractivity contribution < 1.29 is 13.2 Å². The third kappa shape index (κ3) is 3.74. The predicted octanol–water partition coefficient (Wildman–Crippen LogP) is 3.87. The van der Waals surface area contributed by atoms with E-state index in [0.29, 0.717) is 22.6 Å². The van der Waals surface area contributed by atoms with E-state index in [1.807, 2.05) is 0 Å². The maximum absolute atomic E-state index is 13.5. The average Bonchev–Trinajstić information content (AvgIpc) is 2.37. The molecule has 0 aliphatic rings. The molecule has 0 aliphatic heterocycles. The molecule has 2 N–H and O–H groups in total. The lowest BCUT2D eigenvalue weighted by Crippen LogP contribution is -2.26. The molecule has 0 heterocycles. The summed E-state index contributed by atoms with van der Waals surface area (Å²) in [5.41, 5.74) is 6.82. The average molecular weight is 300 g/mol. The van der Waals surface area contributed by atoms with Crippen molar-refractivity contribution in [3.8, 4) is 0 Å². The zero-order valence-corrected chi connectivity index (χ0v) is 11.3. The van der Waals surface area contributed by atoms with E-state index in [2.05, 4.69) is 0 Å². The quantitative estimate of drug-likeness (QED) is 0.911. The Morgan fingerprint density at radius 3 is 2.20 bits per heavy atom. The lowest BCUT2D eigenvalue weighted by molar-refractivity contribution is 0.557. The van der Waals surface area contributed by atoms with Crippen LogP contribution < -0.4 is 5.73 Å². The summed E-state index contributed by atoms with van der Waals surface area (Å²) in [6.07, 6.45) is 0.534. The van der Waals surface area contributed by atoms with Gasteiger partial charge in [0.05, 0.1) is 0 Å². The number of nitrogens with two attached hydrogens (primary N) is 1. The summed E-state index contributed by atoms with van der Waals surface area (Å²) >= 11 is 5.95. The van der Waals surface area contributed by atoms with Crippen LogP contribution in [-0.2, 0) is 12.8 Å². The minimum Gasteiger partial charge on any atom is -0.327 e. The van der Waals surface area contributed by atoms with Crippen molar-refractivity contribution >= 4 is 11.6 Å². The second-order valence-electron chi connectivity index (χ2n) is 4.64. The van der Waals surface area contributed by atoms with Crippen LogP contribution in [-0.4, -0.2) is 6.04 Å². The highest BCUT2D eigenvalue weighted by molar-refractivity contribution is 6.31. The normalized spacial score (nSPS) is 12.4. The number of benzene rings is 2. The Balaban J connectivity index is 2.08. The highest BCUT2D eigenvalue weighted by Gasteiger charge is 2.12. The predicted molar refractivity (Wildman–Crippen MR) is 73.2 cm³/mol. The second-order valence-corrected chi connectivity index (χ2v) is 5.05. The molecule has 0 bridgehead atoms. The van der Waals surface area contributed by atoms with Crippen molar-refractivity contribution in [1.29, 1.82) is 0 Å². The molecule has 5 heteroatoms. The molecule has 2 aromatic carbocycles. The second kappa shape index (κ2) is 6.29. The number of halogens is 4. The molecule has 0 saturated carbocycles. The lowest BCUT2D eigenvalue weighted by Gasteiger charge is -2.13. The fraction of sp³-hybridized carbons (Fsp3) is 0.200. The lowest BCUT2D eigenvalue weighted by atomic mass is 9.99. The van der Waals surface area contributed by atoms with Gasteiger partial charge < -0.3 is 5.73 Å². The Hall–Kier alpha value is -1.52. The minimum atomic E-state index is -0.634. The van der Waals surface area contributed by atoms with Gasteiger partial charge in [0, 0.05) is 17.1 Å². The molecule has 1 nitrogen and oxygen atoms in total. The fourth-order valence-corrected chi connectivity index (χ4v) is 2.22. The molecule has 0 fully saturated rings. The number of rotatable bonds is 4. The third-order valence-electron chi connectivity index (χ3n) is 2.99.